The van der Waals surface area contributed by atoms with Crippen molar-refractivity contribution in [3.8, 4) is 0 Å². The third-order valence-corrected chi connectivity index (χ3v) is 6.88. The van der Waals surface area contributed by atoms with Gasteiger partial charge in [0.1, 0.15) is 11.3 Å². The molecular formula is C23H27N5O2S. The number of benzene rings is 2. The predicted octanol–water partition coefficient (Wildman–Crippen LogP) is 3.80. The number of imidazole rings is 1. The minimum Gasteiger partial charge on any atom is -0.382 e. The van der Waals surface area contributed by atoms with Crippen LogP contribution in [0.3, 0.4) is 0 Å². The Labute approximate surface area is 182 Å². The van der Waals surface area contributed by atoms with Crippen molar-refractivity contribution < 1.29 is 8.42 Å². The van der Waals surface area contributed by atoms with E-state index in [-0.39, 0.29) is 11.4 Å². The van der Waals surface area contributed by atoms with Crippen LogP contribution in [0.1, 0.15) is 31.2 Å². The van der Waals surface area contributed by atoms with Crippen molar-refractivity contribution in [2.24, 2.45) is 0 Å². The van der Waals surface area contributed by atoms with E-state index in [4.69, 9.17) is 10.7 Å². The van der Waals surface area contributed by atoms with Gasteiger partial charge in [-0.3, -0.25) is 0 Å². The van der Waals surface area contributed by atoms with E-state index in [1.807, 2.05) is 31.2 Å². The number of pyridine rings is 1. The Morgan fingerprint density at radius 1 is 1.06 bits per heavy atom. The number of fused-ring (bicyclic) bond motifs is 3. The molecule has 4 aromatic rings. The van der Waals surface area contributed by atoms with Crippen LogP contribution in [-0.4, -0.2) is 29.5 Å². The fraction of sp³-hybridized carbons (Fsp3) is 0.304. The normalized spacial score (nSPS) is 12.1. The molecule has 0 fully saturated rings. The minimum atomic E-state index is -3.58. The molecule has 31 heavy (non-hydrogen) atoms. The Morgan fingerprint density at radius 2 is 1.81 bits per heavy atom. The highest BCUT2D eigenvalue weighted by atomic mass is 32.2. The van der Waals surface area contributed by atoms with Gasteiger partial charge in [-0.1, -0.05) is 49.2 Å². The molecule has 2 aromatic carbocycles. The smallest absolute Gasteiger partial charge is 0.240 e. The summed E-state index contributed by atoms with van der Waals surface area (Å²) < 4.78 is 30.2. The second kappa shape index (κ2) is 8.64. The van der Waals surface area contributed by atoms with Gasteiger partial charge in [0, 0.05) is 24.9 Å². The van der Waals surface area contributed by atoms with E-state index < -0.39 is 10.0 Å². The Bertz CT molecular complexity index is 1330. The number of para-hydroxylation sites is 1. The van der Waals surface area contributed by atoms with Crippen LogP contribution in [0.5, 0.6) is 0 Å². The predicted molar refractivity (Wildman–Crippen MR) is 124 cm³/mol. The lowest BCUT2D eigenvalue weighted by atomic mass is 10.2. The summed E-state index contributed by atoms with van der Waals surface area (Å²) in [6.07, 6.45) is 2.82. The molecule has 0 saturated heterocycles. The van der Waals surface area contributed by atoms with Gasteiger partial charge in [0.05, 0.1) is 15.9 Å². The minimum absolute atomic E-state index is 0.247. The summed E-state index contributed by atoms with van der Waals surface area (Å²) >= 11 is 0. The molecule has 0 saturated carbocycles. The Hall–Kier alpha value is -2.97. The Kier molecular flexibility index (Phi) is 5.93. The zero-order chi connectivity index (χ0) is 22.0. The van der Waals surface area contributed by atoms with E-state index in [0.29, 0.717) is 17.9 Å². The van der Waals surface area contributed by atoms with Crippen LogP contribution in [0.2, 0.25) is 0 Å². The first-order chi connectivity index (χ1) is 14.9. The first-order valence-electron chi connectivity index (χ1n) is 10.5. The molecule has 0 aliphatic rings. The van der Waals surface area contributed by atoms with E-state index in [0.717, 1.165) is 47.1 Å². The summed E-state index contributed by atoms with van der Waals surface area (Å²) in [5, 5.41) is 0.961. The Balaban J connectivity index is 1.69. The van der Waals surface area contributed by atoms with Crippen LogP contribution in [0.15, 0.2) is 53.4 Å². The lowest BCUT2D eigenvalue weighted by Crippen LogP contribution is -2.28. The van der Waals surface area contributed by atoms with Crippen molar-refractivity contribution >= 4 is 37.8 Å². The summed E-state index contributed by atoms with van der Waals surface area (Å²) in [6.45, 7) is 4.76. The molecule has 0 spiro atoms. The van der Waals surface area contributed by atoms with Crippen LogP contribution in [0.4, 0.5) is 5.82 Å². The maximum Gasteiger partial charge on any atom is 0.240 e. The van der Waals surface area contributed by atoms with E-state index in [9.17, 15) is 8.42 Å². The fourth-order valence-electron chi connectivity index (χ4n) is 3.76. The number of nitrogens with two attached hydrogens (primary N) is 1. The number of aryl methyl sites for hydroxylation is 2. The number of nitrogens with zero attached hydrogens (tertiary/aromatic N) is 3. The average molecular weight is 438 g/mol. The molecule has 8 heteroatoms. The second-order valence-corrected chi connectivity index (χ2v) is 9.47. The van der Waals surface area contributed by atoms with Gasteiger partial charge in [-0.25, -0.2) is 23.1 Å². The summed E-state index contributed by atoms with van der Waals surface area (Å²) in [4.78, 5) is 9.54. The van der Waals surface area contributed by atoms with Gasteiger partial charge in [0.15, 0.2) is 5.82 Å². The van der Waals surface area contributed by atoms with Crippen LogP contribution in [-0.2, 0) is 23.0 Å². The third kappa shape index (κ3) is 4.26. The lowest BCUT2D eigenvalue weighted by molar-refractivity contribution is 0.570. The molecule has 162 valence electrons. The standard InChI is InChI=1S/C23H27N5O2S/c1-3-4-9-20-27-21-22(18-7-5-6-8-19(18)26-23(21)24)28(20)15-14-25-31(29,30)17-12-10-16(2)11-13-17/h5-8,10-13,25H,3-4,9,14-15H2,1-2H3,(H2,24,26). The molecule has 0 unspecified atom stereocenters. The molecule has 2 heterocycles. The van der Waals surface area contributed by atoms with Crippen molar-refractivity contribution in [3.05, 3.63) is 59.9 Å². The fourth-order valence-corrected chi connectivity index (χ4v) is 4.79. The topological polar surface area (TPSA) is 103 Å². The van der Waals surface area contributed by atoms with E-state index in [2.05, 4.69) is 21.2 Å². The number of nitrogens with one attached hydrogen (secondary N) is 1. The van der Waals surface area contributed by atoms with Crippen LogP contribution in [0.25, 0.3) is 21.9 Å². The number of aromatic nitrogens is 3. The van der Waals surface area contributed by atoms with Crippen molar-refractivity contribution in [2.75, 3.05) is 12.3 Å². The van der Waals surface area contributed by atoms with Gasteiger partial charge in [-0.05, 0) is 31.5 Å². The summed E-state index contributed by atoms with van der Waals surface area (Å²) in [5.41, 5.74) is 9.62. The molecule has 0 radical (unpaired) electrons. The molecule has 3 N–H and O–H groups in total. The highest BCUT2D eigenvalue weighted by Gasteiger charge is 2.18. The molecule has 0 aliphatic heterocycles. The van der Waals surface area contributed by atoms with Gasteiger partial charge in [0.25, 0.3) is 0 Å². The number of anilines is 1. The number of rotatable bonds is 8. The zero-order valence-corrected chi connectivity index (χ0v) is 18.6. The molecular weight excluding hydrogens is 410 g/mol. The number of hydrogen-bond donors (Lipinski definition) is 2. The maximum absolute atomic E-state index is 12.7. The number of nitrogen functional groups attached to an aromatic ring is 1. The number of hydrogen-bond acceptors (Lipinski definition) is 5. The highest BCUT2D eigenvalue weighted by molar-refractivity contribution is 7.89. The van der Waals surface area contributed by atoms with Gasteiger partial charge in [0.2, 0.25) is 10.0 Å². The van der Waals surface area contributed by atoms with Crippen molar-refractivity contribution in [1.29, 1.82) is 0 Å². The number of sulfonamides is 1. The first-order valence-corrected chi connectivity index (χ1v) is 12.0. The highest BCUT2D eigenvalue weighted by Crippen LogP contribution is 2.29. The number of unbranched alkanes of at least 4 members (excludes halogenated alkanes) is 1. The van der Waals surface area contributed by atoms with E-state index in [1.54, 1.807) is 24.3 Å². The van der Waals surface area contributed by atoms with E-state index >= 15 is 0 Å². The molecule has 0 aliphatic carbocycles. The monoisotopic (exact) mass is 437 g/mol. The first kappa shape index (κ1) is 21.3. The van der Waals surface area contributed by atoms with Crippen LogP contribution >= 0.6 is 0 Å². The third-order valence-electron chi connectivity index (χ3n) is 5.40. The van der Waals surface area contributed by atoms with Gasteiger partial charge >= 0.3 is 0 Å². The molecule has 4 rings (SSSR count). The van der Waals surface area contributed by atoms with Crippen LogP contribution < -0.4 is 10.5 Å². The molecule has 0 atom stereocenters. The molecule has 2 aromatic heterocycles. The lowest BCUT2D eigenvalue weighted by Gasteiger charge is -2.12. The average Bonchev–Trinajstić information content (AvgIpc) is 3.12. The summed E-state index contributed by atoms with van der Waals surface area (Å²) in [5.74, 6) is 1.29. The Morgan fingerprint density at radius 3 is 2.55 bits per heavy atom. The van der Waals surface area contributed by atoms with Gasteiger partial charge < -0.3 is 10.3 Å². The summed E-state index contributed by atoms with van der Waals surface area (Å²) in [7, 11) is -3.58. The largest absolute Gasteiger partial charge is 0.382 e. The zero-order valence-electron chi connectivity index (χ0n) is 17.8. The maximum atomic E-state index is 12.7. The van der Waals surface area contributed by atoms with Crippen LogP contribution in [0, 0.1) is 6.92 Å². The van der Waals surface area contributed by atoms with Crippen molar-refractivity contribution in [3.63, 3.8) is 0 Å². The van der Waals surface area contributed by atoms with Gasteiger partial charge in [-0.15, -0.1) is 0 Å². The van der Waals surface area contributed by atoms with Crippen molar-refractivity contribution in [2.45, 2.75) is 44.6 Å². The van der Waals surface area contributed by atoms with E-state index in [1.165, 1.54) is 0 Å². The molecule has 0 amide bonds. The second-order valence-electron chi connectivity index (χ2n) is 7.71. The summed E-state index contributed by atoms with van der Waals surface area (Å²) in [6, 6.07) is 14.6. The van der Waals surface area contributed by atoms with Crippen molar-refractivity contribution in [1.82, 2.24) is 19.3 Å². The van der Waals surface area contributed by atoms with Gasteiger partial charge in [-0.2, -0.15) is 0 Å². The SMILES string of the molecule is CCCCc1nc2c(N)nc3ccccc3c2n1CCNS(=O)(=O)c1ccc(C)cc1. The quantitative estimate of drug-likeness (QED) is 0.436. The molecule has 7 nitrogen and oxygen atoms in total. The molecule has 0 bridgehead atoms.